The molecule has 1 saturated heterocycles. The third kappa shape index (κ3) is 3.28. The van der Waals surface area contributed by atoms with Gasteiger partial charge in [-0.05, 0) is 57.3 Å². The Morgan fingerprint density at radius 2 is 1.71 bits per heavy atom. The fraction of sp³-hybridized carbons (Fsp3) is 0.944. The molecule has 3 nitrogen and oxygen atoms in total. The highest BCUT2D eigenvalue weighted by molar-refractivity contribution is 5.79. The van der Waals surface area contributed by atoms with Gasteiger partial charge in [0.05, 0.1) is 0 Å². The van der Waals surface area contributed by atoms with Crippen molar-refractivity contribution in [3.05, 3.63) is 0 Å². The van der Waals surface area contributed by atoms with E-state index in [2.05, 4.69) is 11.8 Å². The molecule has 1 aliphatic heterocycles. The van der Waals surface area contributed by atoms with Crippen LogP contribution in [0.4, 0.5) is 0 Å². The highest BCUT2D eigenvalue weighted by atomic mass is 16.2. The smallest absolute Gasteiger partial charge is 0.225 e. The van der Waals surface area contributed by atoms with Gasteiger partial charge in [-0.1, -0.05) is 25.7 Å². The van der Waals surface area contributed by atoms with Crippen molar-refractivity contribution in [2.45, 2.75) is 83.2 Å². The van der Waals surface area contributed by atoms with Crippen molar-refractivity contribution in [2.24, 2.45) is 23.5 Å². The molecule has 3 rings (SSSR count). The Morgan fingerprint density at radius 1 is 1.00 bits per heavy atom. The average molecular weight is 292 g/mol. The maximum atomic E-state index is 13.0. The van der Waals surface area contributed by atoms with Crippen LogP contribution in [-0.2, 0) is 4.79 Å². The molecule has 2 aliphatic carbocycles. The summed E-state index contributed by atoms with van der Waals surface area (Å²) < 4.78 is 0. The van der Waals surface area contributed by atoms with Crippen LogP contribution in [0.15, 0.2) is 0 Å². The van der Waals surface area contributed by atoms with E-state index >= 15 is 0 Å². The van der Waals surface area contributed by atoms with Crippen molar-refractivity contribution in [3.63, 3.8) is 0 Å². The summed E-state index contributed by atoms with van der Waals surface area (Å²) in [7, 11) is 0. The van der Waals surface area contributed by atoms with E-state index in [1.54, 1.807) is 0 Å². The molecule has 3 heteroatoms. The van der Waals surface area contributed by atoms with Gasteiger partial charge in [0.1, 0.15) is 0 Å². The van der Waals surface area contributed by atoms with E-state index in [0.29, 0.717) is 11.8 Å². The van der Waals surface area contributed by atoms with Gasteiger partial charge >= 0.3 is 0 Å². The quantitative estimate of drug-likeness (QED) is 0.848. The first-order valence-electron chi connectivity index (χ1n) is 9.23. The zero-order chi connectivity index (χ0) is 14.8. The lowest BCUT2D eigenvalue weighted by molar-refractivity contribution is -0.142. The van der Waals surface area contributed by atoms with Crippen LogP contribution in [-0.4, -0.2) is 29.4 Å². The van der Waals surface area contributed by atoms with Crippen molar-refractivity contribution in [2.75, 3.05) is 6.54 Å². The van der Waals surface area contributed by atoms with E-state index < -0.39 is 0 Å². The standard InChI is InChI=1S/C18H32N2O/c1-13(19)17-8-4-5-11-20(17)18(21)16-10-9-14-6-2-3-7-15(14)12-16/h13-17H,2-12,19H2,1H3. The van der Waals surface area contributed by atoms with Crippen LogP contribution >= 0.6 is 0 Å². The van der Waals surface area contributed by atoms with E-state index in [1.165, 1.54) is 38.5 Å². The Balaban J connectivity index is 1.64. The van der Waals surface area contributed by atoms with Crippen LogP contribution in [0.2, 0.25) is 0 Å². The topological polar surface area (TPSA) is 46.3 Å². The van der Waals surface area contributed by atoms with Crippen LogP contribution in [0.1, 0.15) is 71.1 Å². The molecule has 1 amide bonds. The molecule has 120 valence electrons. The summed E-state index contributed by atoms with van der Waals surface area (Å²) in [5.41, 5.74) is 6.14. The van der Waals surface area contributed by atoms with Crippen molar-refractivity contribution in [1.82, 2.24) is 4.90 Å². The zero-order valence-corrected chi connectivity index (χ0v) is 13.6. The molecule has 2 N–H and O–H groups in total. The molecule has 0 bridgehead atoms. The Bertz CT molecular complexity index is 368. The highest BCUT2D eigenvalue weighted by Gasteiger charge is 2.39. The number of hydrogen-bond donors (Lipinski definition) is 1. The van der Waals surface area contributed by atoms with E-state index in [1.807, 2.05) is 0 Å². The molecule has 0 aromatic carbocycles. The first-order valence-corrected chi connectivity index (χ1v) is 9.23. The number of hydrogen-bond acceptors (Lipinski definition) is 2. The van der Waals surface area contributed by atoms with Gasteiger partial charge in [0.25, 0.3) is 0 Å². The van der Waals surface area contributed by atoms with Gasteiger partial charge in [-0.2, -0.15) is 0 Å². The predicted octanol–water partition coefficient (Wildman–Crippen LogP) is 3.32. The van der Waals surface area contributed by atoms with Crippen LogP contribution in [0, 0.1) is 17.8 Å². The molecule has 2 saturated carbocycles. The Kier molecular flexibility index (Phi) is 4.88. The molecule has 3 aliphatic rings. The van der Waals surface area contributed by atoms with Gasteiger partial charge in [-0.3, -0.25) is 4.79 Å². The monoisotopic (exact) mass is 292 g/mol. The number of carbonyl (C=O) groups is 1. The second kappa shape index (κ2) is 6.68. The van der Waals surface area contributed by atoms with Gasteiger partial charge in [0, 0.05) is 24.5 Å². The van der Waals surface area contributed by atoms with E-state index in [0.717, 1.165) is 44.1 Å². The fourth-order valence-corrected chi connectivity index (χ4v) is 5.11. The summed E-state index contributed by atoms with van der Waals surface area (Å²) in [5, 5.41) is 0. The Morgan fingerprint density at radius 3 is 2.48 bits per heavy atom. The first kappa shape index (κ1) is 15.3. The number of piperidine rings is 1. The zero-order valence-electron chi connectivity index (χ0n) is 13.6. The lowest BCUT2D eigenvalue weighted by atomic mass is 9.67. The third-order valence-corrected chi connectivity index (χ3v) is 6.33. The molecule has 0 aromatic rings. The lowest BCUT2D eigenvalue weighted by Crippen LogP contribution is -2.54. The number of nitrogens with zero attached hydrogens (tertiary/aromatic N) is 1. The summed E-state index contributed by atoms with van der Waals surface area (Å²) in [6.45, 7) is 3.00. The van der Waals surface area contributed by atoms with Crippen LogP contribution in [0.3, 0.4) is 0 Å². The third-order valence-electron chi connectivity index (χ3n) is 6.33. The highest BCUT2D eigenvalue weighted by Crippen LogP contribution is 2.43. The maximum Gasteiger partial charge on any atom is 0.225 e. The number of nitrogens with two attached hydrogens (primary N) is 1. The van der Waals surface area contributed by atoms with Crippen molar-refractivity contribution >= 4 is 5.91 Å². The van der Waals surface area contributed by atoms with Gasteiger partial charge in [0.2, 0.25) is 5.91 Å². The SMILES string of the molecule is CC(N)C1CCCCN1C(=O)C1CCC2CCCCC2C1. The molecule has 5 unspecified atom stereocenters. The van der Waals surface area contributed by atoms with Crippen molar-refractivity contribution < 1.29 is 4.79 Å². The molecule has 1 heterocycles. The van der Waals surface area contributed by atoms with Crippen molar-refractivity contribution in [3.8, 4) is 0 Å². The molecule has 21 heavy (non-hydrogen) atoms. The first-order chi connectivity index (χ1) is 10.2. The lowest BCUT2D eigenvalue weighted by Gasteiger charge is -2.43. The minimum Gasteiger partial charge on any atom is -0.338 e. The summed E-state index contributed by atoms with van der Waals surface area (Å²) in [5.74, 6) is 2.48. The molecule has 0 spiro atoms. The number of fused-ring (bicyclic) bond motifs is 1. The Labute approximate surface area is 129 Å². The van der Waals surface area contributed by atoms with Crippen molar-refractivity contribution in [1.29, 1.82) is 0 Å². The van der Waals surface area contributed by atoms with Gasteiger partial charge < -0.3 is 10.6 Å². The van der Waals surface area contributed by atoms with E-state index in [9.17, 15) is 4.79 Å². The van der Waals surface area contributed by atoms with Gasteiger partial charge in [0.15, 0.2) is 0 Å². The Hall–Kier alpha value is -0.570. The summed E-state index contributed by atoms with van der Waals surface area (Å²) in [6.07, 6.45) is 12.6. The fourth-order valence-electron chi connectivity index (χ4n) is 5.11. The largest absolute Gasteiger partial charge is 0.338 e. The summed E-state index contributed by atoms with van der Waals surface area (Å²) in [6, 6.07) is 0.399. The van der Waals surface area contributed by atoms with Crippen LogP contribution < -0.4 is 5.73 Å². The predicted molar refractivity (Wildman–Crippen MR) is 85.8 cm³/mol. The molecular weight excluding hydrogens is 260 g/mol. The number of rotatable bonds is 2. The summed E-state index contributed by atoms with van der Waals surface area (Å²) >= 11 is 0. The second-order valence-electron chi connectivity index (χ2n) is 7.77. The maximum absolute atomic E-state index is 13.0. The molecular formula is C18H32N2O. The molecule has 3 fully saturated rings. The molecule has 0 radical (unpaired) electrons. The number of likely N-dealkylation sites (tertiary alicyclic amines) is 1. The molecule has 5 atom stereocenters. The van der Waals surface area contributed by atoms with Crippen LogP contribution in [0.5, 0.6) is 0 Å². The minimum atomic E-state index is 0.111. The normalized spacial score (nSPS) is 38.7. The van der Waals surface area contributed by atoms with E-state index in [-0.39, 0.29) is 12.1 Å². The van der Waals surface area contributed by atoms with Crippen LogP contribution in [0.25, 0.3) is 0 Å². The number of amides is 1. The average Bonchev–Trinajstić information content (AvgIpc) is 2.53. The molecule has 0 aromatic heterocycles. The van der Waals surface area contributed by atoms with Gasteiger partial charge in [-0.25, -0.2) is 0 Å². The summed E-state index contributed by atoms with van der Waals surface area (Å²) in [4.78, 5) is 15.2. The van der Waals surface area contributed by atoms with Gasteiger partial charge in [-0.15, -0.1) is 0 Å². The second-order valence-corrected chi connectivity index (χ2v) is 7.77. The minimum absolute atomic E-state index is 0.111. The van der Waals surface area contributed by atoms with E-state index in [4.69, 9.17) is 5.73 Å². The number of carbonyl (C=O) groups excluding carboxylic acids is 1.